The number of hydrazine groups is 2. The van der Waals surface area contributed by atoms with E-state index in [2.05, 4.69) is 23.4 Å². The average Bonchev–Trinajstić information content (AvgIpc) is 2.21. The first-order valence-electron chi connectivity index (χ1n) is 2.95. The van der Waals surface area contributed by atoms with Gasteiger partial charge in [-0.3, -0.25) is 23.4 Å². The number of hydrogen-bond acceptors (Lipinski definition) is 8. The van der Waals surface area contributed by atoms with Gasteiger partial charge < -0.3 is 20.4 Å². The molecule has 0 aromatic heterocycles. The van der Waals surface area contributed by atoms with Gasteiger partial charge in [0.15, 0.2) is 12.2 Å². The van der Waals surface area contributed by atoms with Crippen molar-refractivity contribution < 1.29 is 30.0 Å². The largest absolute Gasteiger partial charge is 0.479 e. The molecule has 0 heterocycles. The van der Waals surface area contributed by atoms with Crippen LogP contribution in [0.2, 0.25) is 0 Å². The summed E-state index contributed by atoms with van der Waals surface area (Å²) >= 11 is 0. The number of carboxylic acids is 2. The molecule has 86 valence electrons. The van der Waals surface area contributed by atoms with Crippen molar-refractivity contribution in [2.75, 3.05) is 0 Å². The molecule has 0 fully saturated rings. The Bertz CT molecular complexity index is 146. The first kappa shape index (κ1) is 18.5. The van der Waals surface area contributed by atoms with Gasteiger partial charge in [-0.15, -0.1) is 0 Å². The van der Waals surface area contributed by atoms with Gasteiger partial charge in [0.2, 0.25) is 0 Å². The van der Waals surface area contributed by atoms with Crippen LogP contribution in [0.4, 0.5) is 0 Å². The summed E-state index contributed by atoms with van der Waals surface area (Å²) in [7, 11) is 0. The molecule has 14 heavy (non-hydrogen) atoms. The second-order valence-electron chi connectivity index (χ2n) is 1.57. The Hall–Kier alpha value is -1.30. The molecule has 2 atom stereocenters. The molecule has 0 aliphatic heterocycles. The smallest absolute Gasteiger partial charge is 0.335 e. The number of carboxylic acid groups (broad SMARTS) is 2. The third-order valence-electron chi connectivity index (χ3n) is 0.805. The standard InChI is InChI=1S/C4H6O6.2H4N2/c5-1(3(7)8)2(6)4(9)10;2*1-2/h1-2,5-6H,(H,7,8)(H,9,10);2*1-2H2. The summed E-state index contributed by atoms with van der Waals surface area (Å²) in [5, 5.41) is 32.5. The lowest BCUT2D eigenvalue weighted by Crippen LogP contribution is -2.39. The fourth-order valence-electron chi connectivity index (χ4n) is 0.270. The van der Waals surface area contributed by atoms with Gasteiger partial charge in [-0.05, 0) is 0 Å². The molecule has 12 N–H and O–H groups in total. The molecule has 0 aliphatic rings. The number of aliphatic hydroxyl groups is 2. The van der Waals surface area contributed by atoms with Gasteiger partial charge in [0.25, 0.3) is 0 Å². The first-order valence-corrected chi connectivity index (χ1v) is 2.95. The van der Waals surface area contributed by atoms with Crippen molar-refractivity contribution in [2.24, 2.45) is 23.4 Å². The molecule has 0 spiro atoms. The van der Waals surface area contributed by atoms with Gasteiger partial charge in [-0.2, -0.15) is 0 Å². The molecular formula is C4H14N4O6. The summed E-state index contributed by atoms with van der Waals surface area (Å²) in [5.74, 6) is 12.5. The van der Waals surface area contributed by atoms with Crippen LogP contribution in [0.25, 0.3) is 0 Å². The third kappa shape index (κ3) is 8.79. The number of hydrogen-bond donors (Lipinski definition) is 8. The van der Waals surface area contributed by atoms with Crippen molar-refractivity contribution in [1.29, 1.82) is 0 Å². The summed E-state index contributed by atoms with van der Waals surface area (Å²) in [6, 6.07) is 0. The van der Waals surface area contributed by atoms with Crippen molar-refractivity contribution >= 4 is 11.9 Å². The van der Waals surface area contributed by atoms with Crippen LogP contribution in [-0.4, -0.2) is 44.6 Å². The SMILES string of the molecule is NN.NN.O=C(O)C(O)C(O)C(=O)O. The minimum Gasteiger partial charge on any atom is -0.479 e. The molecule has 0 radical (unpaired) electrons. The Morgan fingerprint density at radius 2 is 0.929 bits per heavy atom. The van der Waals surface area contributed by atoms with Gasteiger partial charge in [-0.25, -0.2) is 9.59 Å². The third-order valence-corrected chi connectivity index (χ3v) is 0.805. The van der Waals surface area contributed by atoms with Gasteiger partial charge in [0.1, 0.15) is 0 Å². The fraction of sp³-hybridized carbons (Fsp3) is 0.500. The minimum absolute atomic E-state index is 1.77. The van der Waals surface area contributed by atoms with Gasteiger partial charge in [0, 0.05) is 0 Å². The molecule has 0 aliphatic carbocycles. The lowest BCUT2D eigenvalue weighted by Gasteiger charge is -2.07. The van der Waals surface area contributed by atoms with Crippen molar-refractivity contribution in [3.8, 4) is 0 Å². The molecule has 10 heteroatoms. The van der Waals surface area contributed by atoms with E-state index in [-0.39, 0.29) is 0 Å². The Labute approximate surface area is 78.6 Å². The molecule has 0 bridgehead atoms. The van der Waals surface area contributed by atoms with E-state index in [9.17, 15) is 9.59 Å². The molecule has 0 amide bonds. The molecule has 2 unspecified atom stereocenters. The highest BCUT2D eigenvalue weighted by Crippen LogP contribution is 1.92. The molecule has 0 saturated carbocycles. The zero-order valence-corrected chi connectivity index (χ0v) is 7.07. The van der Waals surface area contributed by atoms with E-state index in [0.717, 1.165) is 0 Å². The lowest BCUT2D eigenvalue weighted by molar-refractivity contribution is -0.165. The van der Waals surface area contributed by atoms with Crippen LogP contribution in [0.3, 0.4) is 0 Å². The van der Waals surface area contributed by atoms with Crippen molar-refractivity contribution in [3.05, 3.63) is 0 Å². The van der Waals surface area contributed by atoms with Crippen LogP contribution in [-0.2, 0) is 9.59 Å². The maximum absolute atomic E-state index is 9.77. The summed E-state index contributed by atoms with van der Waals surface area (Å²) < 4.78 is 0. The highest BCUT2D eigenvalue weighted by molar-refractivity contribution is 5.82. The maximum atomic E-state index is 9.77. The number of rotatable bonds is 3. The first-order chi connectivity index (χ1) is 6.46. The Kier molecular flexibility index (Phi) is 15.4. The van der Waals surface area contributed by atoms with Crippen LogP contribution in [0.5, 0.6) is 0 Å². The molecular weight excluding hydrogens is 200 g/mol. The lowest BCUT2D eigenvalue weighted by atomic mass is 10.2. The van der Waals surface area contributed by atoms with Crippen LogP contribution in [0.15, 0.2) is 0 Å². The molecule has 0 saturated heterocycles. The highest BCUT2D eigenvalue weighted by Gasteiger charge is 2.29. The number of aliphatic hydroxyl groups excluding tert-OH is 2. The van der Waals surface area contributed by atoms with E-state index in [1.54, 1.807) is 0 Å². The van der Waals surface area contributed by atoms with E-state index in [1.165, 1.54) is 0 Å². The molecule has 0 aromatic rings. The van der Waals surface area contributed by atoms with E-state index >= 15 is 0 Å². The fourth-order valence-corrected chi connectivity index (χ4v) is 0.270. The van der Waals surface area contributed by atoms with Crippen LogP contribution >= 0.6 is 0 Å². The van der Waals surface area contributed by atoms with Gasteiger partial charge >= 0.3 is 11.9 Å². The predicted octanol–water partition coefficient (Wildman–Crippen LogP) is -4.48. The molecule has 10 nitrogen and oxygen atoms in total. The normalized spacial score (nSPS) is 12.1. The molecule has 0 rings (SSSR count). The monoisotopic (exact) mass is 214 g/mol. The van der Waals surface area contributed by atoms with Crippen LogP contribution in [0.1, 0.15) is 0 Å². The summed E-state index contributed by atoms with van der Waals surface area (Å²) in [4.78, 5) is 19.5. The number of carbonyl (C=O) groups is 2. The second kappa shape index (κ2) is 11.7. The topological polar surface area (TPSA) is 219 Å². The van der Waals surface area contributed by atoms with Crippen molar-refractivity contribution in [3.63, 3.8) is 0 Å². The zero-order valence-electron chi connectivity index (χ0n) is 7.07. The second-order valence-corrected chi connectivity index (χ2v) is 1.57. The summed E-state index contributed by atoms with van der Waals surface area (Å²) in [5.41, 5.74) is 0. The van der Waals surface area contributed by atoms with Gasteiger partial charge in [0.05, 0.1) is 0 Å². The van der Waals surface area contributed by atoms with Crippen LogP contribution < -0.4 is 23.4 Å². The predicted molar refractivity (Wildman–Crippen MR) is 44.0 cm³/mol. The Balaban J connectivity index is -0.000000266. The Morgan fingerprint density at radius 1 is 0.786 bits per heavy atom. The minimum atomic E-state index is -2.27. The van der Waals surface area contributed by atoms with Crippen LogP contribution in [0, 0.1) is 0 Å². The number of nitrogens with two attached hydrogens (primary N) is 4. The van der Waals surface area contributed by atoms with E-state index in [4.69, 9.17) is 20.4 Å². The molecule has 0 aromatic carbocycles. The Morgan fingerprint density at radius 3 is 1.00 bits per heavy atom. The van der Waals surface area contributed by atoms with Crippen molar-refractivity contribution in [2.45, 2.75) is 12.2 Å². The summed E-state index contributed by atoms with van der Waals surface area (Å²) in [6.45, 7) is 0. The van der Waals surface area contributed by atoms with Gasteiger partial charge in [-0.1, -0.05) is 0 Å². The zero-order chi connectivity index (χ0) is 12.3. The number of aliphatic carboxylic acids is 2. The average molecular weight is 214 g/mol. The van der Waals surface area contributed by atoms with Crippen molar-refractivity contribution in [1.82, 2.24) is 0 Å². The highest BCUT2D eigenvalue weighted by atomic mass is 16.4. The quantitative estimate of drug-likeness (QED) is 0.166. The summed E-state index contributed by atoms with van der Waals surface area (Å²) in [6.07, 6.45) is -4.53. The maximum Gasteiger partial charge on any atom is 0.335 e. The van der Waals surface area contributed by atoms with E-state index in [0.29, 0.717) is 0 Å². The van der Waals surface area contributed by atoms with E-state index in [1.807, 2.05) is 0 Å². The van der Waals surface area contributed by atoms with E-state index < -0.39 is 24.1 Å².